The standard InChI is InChI=1S/C35H44F5N9O3/c1-5-23-15-24(9-10-25(23)32(50)43-12-8-6-7-11-41-16-22-18-47(19-22)33(51)52-34(2,3)4)45-30-31-44-17-27(49(31)14-13-42-30)26-20-48(21-28(36)37)46-29(26)35(38,39)40/h9-10,13-15,17,20,22,28,41H,5-8,11-12,16,18-19,21H2,1-4H3,(H,42,45)(H,43,50). The number of aromatic nitrogens is 5. The van der Waals surface area contributed by atoms with Crippen molar-refractivity contribution >= 4 is 29.2 Å². The zero-order chi connectivity index (χ0) is 37.6. The summed E-state index contributed by atoms with van der Waals surface area (Å²) in [5.74, 6) is 0.476. The number of nitrogens with zero attached hydrogens (tertiary/aromatic N) is 6. The minimum absolute atomic E-state index is 0.00711. The largest absolute Gasteiger partial charge is 0.444 e. The molecular formula is C35H44F5N9O3. The molecule has 4 heterocycles. The van der Waals surface area contributed by atoms with Crippen molar-refractivity contribution in [2.45, 2.75) is 78.1 Å². The van der Waals surface area contributed by atoms with Crippen LogP contribution in [0, 0.1) is 5.92 Å². The molecule has 0 bridgehead atoms. The number of hydrogen-bond donors (Lipinski definition) is 3. The van der Waals surface area contributed by atoms with Crippen LogP contribution >= 0.6 is 0 Å². The number of amides is 2. The number of imidazole rings is 1. The molecule has 1 aliphatic heterocycles. The van der Waals surface area contributed by atoms with Crippen LogP contribution in [-0.2, 0) is 23.9 Å². The molecule has 52 heavy (non-hydrogen) atoms. The summed E-state index contributed by atoms with van der Waals surface area (Å²) in [7, 11) is 0. The summed E-state index contributed by atoms with van der Waals surface area (Å²) in [5.41, 5.74) is -0.0686. The van der Waals surface area contributed by atoms with Crippen LogP contribution in [0.3, 0.4) is 0 Å². The third-order valence-electron chi connectivity index (χ3n) is 8.41. The molecule has 3 N–H and O–H groups in total. The third kappa shape index (κ3) is 9.74. The number of aryl methyl sites for hydroxylation is 1. The van der Waals surface area contributed by atoms with Gasteiger partial charge in [-0.05, 0) is 70.3 Å². The Bertz CT molecular complexity index is 1850. The van der Waals surface area contributed by atoms with Gasteiger partial charge in [-0.15, -0.1) is 0 Å². The third-order valence-corrected chi connectivity index (χ3v) is 8.41. The second kappa shape index (κ2) is 16.3. The second-order valence-corrected chi connectivity index (χ2v) is 13.7. The summed E-state index contributed by atoms with van der Waals surface area (Å²) in [6.45, 7) is 10.1. The van der Waals surface area contributed by atoms with E-state index in [0.29, 0.717) is 47.9 Å². The average Bonchev–Trinajstić information content (AvgIpc) is 3.66. The van der Waals surface area contributed by atoms with E-state index in [0.717, 1.165) is 44.1 Å². The van der Waals surface area contributed by atoms with Crippen LogP contribution in [0.2, 0.25) is 0 Å². The van der Waals surface area contributed by atoms with Crippen molar-refractivity contribution in [3.8, 4) is 11.3 Å². The van der Waals surface area contributed by atoms with Crippen LogP contribution in [0.25, 0.3) is 16.9 Å². The van der Waals surface area contributed by atoms with E-state index in [9.17, 15) is 31.5 Å². The van der Waals surface area contributed by atoms with Crippen molar-refractivity contribution in [3.63, 3.8) is 0 Å². The summed E-state index contributed by atoms with van der Waals surface area (Å²) in [6.07, 6.45) is 0.203. The van der Waals surface area contributed by atoms with Crippen molar-refractivity contribution < 1.29 is 36.3 Å². The van der Waals surface area contributed by atoms with Crippen LogP contribution in [-0.4, -0.2) is 85.8 Å². The summed E-state index contributed by atoms with van der Waals surface area (Å²) in [4.78, 5) is 35.4. The lowest BCUT2D eigenvalue weighted by Gasteiger charge is -2.39. The Hall–Kier alpha value is -4.80. The van der Waals surface area contributed by atoms with Crippen LogP contribution < -0.4 is 16.0 Å². The first-order chi connectivity index (χ1) is 24.6. The van der Waals surface area contributed by atoms with Crippen molar-refractivity contribution in [2.24, 2.45) is 5.92 Å². The van der Waals surface area contributed by atoms with Gasteiger partial charge in [-0.1, -0.05) is 13.3 Å². The quantitative estimate of drug-likeness (QED) is 0.0928. The molecule has 1 aromatic carbocycles. The zero-order valence-electron chi connectivity index (χ0n) is 29.6. The molecule has 2 amide bonds. The predicted molar refractivity (Wildman–Crippen MR) is 185 cm³/mol. The van der Waals surface area contributed by atoms with E-state index in [-0.39, 0.29) is 29.2 Å². The van der Waals surface area contributed by atoms with Crippen molar-refractivity contribution in [2.75, 3.05) is 38.0 Å². The van der Waals surface area contributed by atoms with E-state index >= 15 is 0 Å². The van der Waals surface area contributed by atoms with E-state index in [1.807, 2.05) is 27.7 Å². The molecule has 17 heteroatoms. The number of carbonyl (C=O) groups excluding carboxylic acids is 2. The number of hydrogen-bond acceptors (Lipinski definition) is 8. The fourth-order valence-corrected chi connectivity index (χ4v) is 5.91. The van der Waals surface area contributed by atoms with Gasteiger partial charge in [0, 0.05) is 61.9 Å². The number of nitrogens with one attached hydrogen (secondary N) is 3. The van der Waals surface area contributed by atoms with Crippen molar-refractivity contribution in [3.05, 3.63) is 59.8 Å². The fourth-order valence-electron chi connectivity index (χ4n) is 5.91. The lowest BCUT2D eigenvalue weighted by Crippen LogP contribution is -2.54. The molecule has 5 rings (SSSR count). The van der Waals surface area contributed by atoms with Crippen molar-refractivity contribution in [1.29, 1.82) is 0 Å². The van der Waals surface area contributed by atoms with E-state index in [4.69, 9.17) is 4.74 Å². The van der Waals surface area contributed by atoms with Crippen molar-refractivity contribution in [1.82, 2.24) is 39.7 Å². The van der Waals surface area contributed by atoms with Gasteiger partial charge in [0.1, 0.15) is 12.1 Å². The molecular weight excluding hydrogens is 689 g/mol. The number of alkyl halides is 5. The van der Waals surface area contributed by atoms with E-state index < -0.39 is 36.0 Å². The topological polar surface area (TPSA) is 131 Å². The van der Waals surface area contributed by atoms with Crippen LogP contribution in [0.1, 0.15) is 68.6 Å². The highest BCUT2D eigenvalue weighted by Gasteiger charge is 2.39. The van der Waals surface area contributed by atoms with E-state index in [1.54, 1.807) is 23.1 Å². The first kappa shape index (κ1) is 38.4. The monoisotopic (exact) mass is 733 g/mol. The van der Waals surface area contributed by atoms with E-state index in [1.165, 1.54) is 23.0 Å². The number of carbonyl (C=O) groups is 2. The summed E-state index contributed by atoms with van der Waals surface area (Å²) < 4.78 is 74.6. The number of ether oxygens (including phenoxy) is 1. The number of rotatable bonds is 15. The number of likely N-dealkylation sites (tertiary alicyclic amines) is 1. The first-order valence-electron chi connectivity index (χ1n) is 17.2. The maximum absolute atomic E-state index is 13.8. The smallest absolute Gasteiger partial charge is 0.435 e. The summed E-state index contributed by atoms with van der Waals surface area (Å²) in [5, 5.41) is 12.9. The van der Waals surface area contributed by atoms with Gasteiger partial charge in [-0.25, -0.2) is 23.5 Å². The molecule has 1 saturated heterocycles. The Labute approximate surface area is 298 Å². The highest BCUT2D eigenvalue weighted by Crippen LogP contribution is 2.37. The number of unbranched alkanes of at least 4 members (excludes halogenated alkanes) is 2. The second-order valence-electron chi connectivity index (χ2n) is 13.7. The molecule has 0 saturated carbocycles. The molecule has 282 valence electrons. The van der Waals surface area contributed by atoms with Gasteiger partial charge >= 0.3 is 12.3 Å². The molecule has 0 atom stereocenters. The molecule has 12 nitrogen and oxygen atoms in total. The van der Waals surface area contributed by atoms with Crippen LogP contribution in [0.15, 0.2) is 43.0 Å². The molecule has 0 aliphatic carbocycles. The Balaban J connectivity index is 1.11. The highest BCUT2D eigenvalue weighted by atomic mass is 19.4. The Morgan fingerprint density at radius 1 is 1.06 bits per heavy atom. The normalized spacial score (nSPS) is 13.8. The molecule has 1 aliphatic rings. The molecule has 3 aromatic heterocycles. The zero-order valence-corrected chi connectivity index (χ0v) is 29.6. The lowest BCUT2D eigenvalue weighted by molar-refractivity contribution is -0.141. The van der Waals surface area contributed by atoms with Gasteiger partial charge in [0.2, 0.25) is 0 Å². The number of halogens is 5. The number of benzene rings is 1. The number of fused-ring (bicyclic) bond motifs is 1. The van der Waals surface area contributed by atoms with Gasteiger partial charge in [0.15, 0.2) is 17.2 Å². The molecule has 0 spiro atoms. The maximum Gasteiger partial charge on any atom is 0.435 e. The lowest BCUT2D eigenvalue weighted by atomic mass is 10.0. The maximum atomic E-state index is 13.8. The molecule has 0 radical (unpaired) electrons. The first-order valence-corrected chi connectivity index (χ1v) is 17.2. The highest BCUT2D eigenvalue weighted by molar-refractivity contribution is 5.96. The summed E-state index contributed by atoms with van der Waals surface area (Å²) >= 11 is 0. The fraction of sp³-hybridized carbons (Fsp3) is 0.514. The summed E-state index contributed by atoms with van der Waals surface area (Å²) in [6, 6.07) is 5.22. The Morgan fingerprint density at radius 2 is 1.81 bits per heavy atom. The van der Waals surface area contributed by atoms with Gasteiger partial charge in [0.05, 0.1) is 17.5 Å². The van der Waals surface area contributed by atoms with Crippen LogP contribution in [0.4, 0.5) is 38.3 Å². The van der Waals surface area contributed by atoms with Gasteiger partial charge in [-0.3, -0.25) is 13.9 Å². The minimum Gasteiger partial charge on any atom is -0.444 e. The molecule has 4 aromatic rings. The van der Waals surface area contributed by atoms with Gasteiger partial charge < -0.3 is 25.6 Å². The molecule has 0 unspecified atom stereocenters. The minimum atomic E-state index is -4.88. The Morgan fingerprint density at radius 3 is 2.50 bits per heavy atom. The number of anilines is 2. The molecule has 1 fully saturated rings. The van der Waals surface area contributed by atoms with Gasteiger partial charge in [-0.2, -0.15) is 18.3 Å². The average molecular weight is 734 g/mol. The van der Waals surface area contributed by atoms with Gasteiger partial charge in [0.25, 0.3) is 12.3 Å². The SMILES string of the molecule is CCc1cc(Nc2nccn3c(-c4cn(CC(F)F)nc4C(F)(F)F)cnc23)ccc1C(=O)NCCCCCNCC1CN(C(=O)OC(C)(C)C)C1. The van der Waals surface area contributed by atoms with E-state index in [2.05, 4.69) is 31.0 Å². The van der Waals surface area contributed by atoms with Crippen LogP contribution in [0.5, 0.6) is 0 Å². The predicted octanol–water partition coefficient (Wildman–Crippen LogP) is 6.54. The Kier molecular flexibility index (Phi) is 12.0.